The van der Waals surface area contributed by atoms with E-state index in [1.807, 2.05) is 0 Å². The predicted octanol–water partition coefficient (Wildman–Crippen LogP) is 3.65. The minimum absolute atomic E-state index is 0.0105. The summed E-state index contributed by atoms with van der Waals surface area (Å²) in [5.41, 5.74) is 1.09. The van der Waals surface area contributed by atoms with Gasteiger partial charge in [0.1, 0.15) is 12.4 Å². The molecule has 9 heteroatoms. The summed E-state index contributed by atoms with van der Waals surface area (Å²) >= 11 is 0. The average molecular weight is 388 g/mol. The van der Waals surface area contributed by atoms with E-state index in [1.54, 1.807) is 6.92 Å². The Balaban J connectivity index is 2.07. The fraction of sp³-hybridized carbons (Fsp3) is 0.235. The van der Waals surface area contributed by atoms with Crippen molar-refractivity contribution in [2.24, 2.45) is 0 Å². The first-order valence-corrected chi connectivity index (χ1v) is 9.17. The minimum atomic E-state index is -4.78. The van der Waals surface area contributed by atoms with Crippen LogP contribution < -0.4 is 4.74 Å². The lowest BCUT2D eigenvalue weighted by Crippen LogP contribution is -2.17. The van der Waals surface area contributed by atoms with Crippen molar-refractivity contribution in [2.45, 2.75) is 24.8 Å². The molecule has 0 heterocycles. The maximum atomic E-state index is 12.2. The number of ether oxygens (including phenoxy) is 2. The van der Waals surface area contributed by atoms with Crippen molar-refractivity contribution in [1.29, 1.82) is 0 Å². The smallest absolute Gasteiger partial charge is 0.457 e. The van der Waals surface area contributed by atoms with Crippen molar-refractivity contribution in [2.75, 3.05) is 6.26 Å². The molecule has 0 saturated carbocycles. The van der Waals surface area contributed by atoms with E-state index in [9.17, 15) is 26.4 Å². The zero-order valence-corrected chi connectivity index (χ0v) is 14.6. The number of carbonyl (C=O) groups is 1. The fourth-order valence-electron chi connectivity index (χ4n) is 2.07. The van der Waals surface area contributed by atoms with Gasteiger partial charge in [-0.15, -0.1) is 13.2 Å². The van der Waals surface area contributed by atoms with Crippen LogP contribution in [0.2, 0.25) is 0 Å². The highest BCUT2D eigenvalue weighted by molar-refractivity contribution is 7.90. The van der Waals surface area contributed by atoms with Crippen molar-refractivity contribution in [3.63, 3.8) is 0 Å². The van der Waals surface area contributed by atoms with E-state index in [0.717, 1.165) is 18.4 Å². The first kappa shape index (κ1) is 19.8. The molecule has 2 aromatic carbocycles. The monoisotopic (exact) mass is 388 g/mol. The van der Waals surface area contributed by atoms with Gasteiger partial charge < -0.3 is 9.47 Å². The molecule has 0 radical (unpaired) electrons. The van der Waals surface area contributed by atoms with E-state index < -0.39 is 22.2 Å². The number of benzene rings is 2. The third-order valence-corrected chi connectivity index (χ3v) is 4.49. The number of hydrogen-bond donors (Lipinski definition) is 0. The lowest BCUT2D eigenvalue weighted by Gasteiger charge is -2.10. The molecule has 0 aliphatic heterocycles. The number of esters is 1. The summed E-state index contributed by atoms with van der Waals surface area (Å²) in [6, 6.07) is 8.98. The number of halogens is 3. The summed E-state index contributed by atoms with van der Waals surface area (Å²) in [7, 11) is -3.48. The molecule has 26 heavy (non-hydrogen) atoms. The lowest BCUT2D eigenvalue weighted by atomic mass is 10.1. The van der Waals surface area contributed by atoms with Crippen molar-refractivity contribution in [3.05, 3.63) is 59.2 Å². The highest BCUT2D eigenvalue weighted by Gasteiger charge is 2.30. The molecule has 2 aromatic rings. The van der Waals surface area contributed by atoms with Gasteiger partial charge in [0.15, 0.2) is 9.84 Å². The average Bonchev–Trinajstić information content (AvgIpc) is 2.51. The molecule has 0 atom stereocenters. The Hall–Kier alpha value is -2.55. The summed E-state index contributed by atoms with van der Waals surface area (Å²) in [6.45, 7) is 1.44. The molecular formula is C17H15F3O5S. The van der Waals surface area contributed by atoms with E-state index in [0.29, 0.717) is 11.1 Å². The molecule has 0 bridgehead atoms. The molecule has 0 aromatic heterocycles. The van der Waals surface area contributed by atoms with Crippen molar-refractivity contribution >= 4 is 15.8 Å². The van der Waals surface area contributed by atoms with Crippen LogP contribution in [0.15, 0.2) is 47.4 Å². The first-order valence-electron chi connectivity index (χ1n) is 7.28. The number of alkyl halides is 3. The SMILES string of the molecule is Cc1ccc(S(C)(=O)=O)cc1C(=O)OCc1ccc(OC(F)(F)F)cc1. The molecule has 0 amide bonds. The van der Waals surface area contributed by atoms with E-state index in [2.05, 4.69) is 4.74 Å². The molecule has 0 aliphatic carbocycles. The largest absolute Gasteiger partial charge is 0.573 e. The lowest BCUT2D eigenvalue weighted by molar-refractivity contribution is -0.274. The van der Waals surface area contributed by atoms with Crippen molar-refractivity contribution < 1.29 is 35.9 Å². The first-order chi connectivity index (χ1) is 12.0. The van der Waals surface area contributed by atoms with Crippen LogP contribution in [0.3, 0.4) is 0 Å². The number of rotatable bonds is 5. The van der Waals surface area contributed by atoms with Crippen LogP contribution in [0.4, 0.5) is 13.2 Å². The van der Waals surface area contributed by atoms with Gasteiger partial charge in [-0.3, -0.25) is 0 Å². The van der Waals surface area contributed by atoms with Gasteiger partial charge in [-0.05, 0) is 42.3 Å². The van der Waals surface area contributed by atoms with Crippen LogP contribution in [-0.4, -0.2) is 27.0 Å². The van der Waals surface area contributed by atoms with Crippen LogP contribution in [0, 0.1) is 6.92 Å². The Morgan fingerprint density at radius 1 is 1.08 bits per heavy atom. The van der Waals surface area contributed by atoms with Gasteiger partial charge in [0.05, 0.1) is 10.5 Å². The highest BCUT2D eigenvalue weighted by atomic mass is 32.2. The van der Waals surface area contributed by atoms with Crippen molar-refractivity contribution in [1.82, 2.24) is 0 Å². The van der Waals surface area contributed by atoms with E-state index >= 15 is 0 Å². The molecule has 0 aliphatic rings. The Labute approximate surface area is 148 Å². The third kappa shape index (κ3) is 5.48. The number of hydrogen-bond acceptors (Lipinski definition) is 5. The Morgan fingerprint density at radius 2 is 1.69 bits per heavy atom. The van der Waals surface area contributed by atoms with Gasteiger partial charge in [0.2, 0.25) is 0 Å². The highest BCUT2D eigenvalue weighted by Crippen LogP contribution is 2.23. The normalized spacial score (nSPS) is 11.9. The van der Waals surface area contributed by atoms with E-state index in [1.165, 1.54) is 30.3 Å². The second-order valence-corrected chi connectivity index (χ2v) is 7.53. The van der Waals surface area contributed by atoms with Gasteiger partial charge in [0.25, 0.3) is 0 Å². The molecule has 2 rings (SSSR count). The number of sulfone groups is 1. The summed E-state index contributed by atoms with van der Waals surface area (Å²) < 4.78 is 68.3. The van der Waals surface area contributed by atoms with Crippen LogP contribution in [-0.2, 0) is 21.2 Å². The Bertz CT molecular complexity index is 903. The summed E-state index contributed by atoms with van der Waals surface area (Å²) in [4.78, 5) is 12.2. The fourth-order valence-corrected chi connectivity index (χ4v) is 2.71. The zero-order valence-electron chi connectivity index (χ0n) is 13.8. The molecule has 0 spiro atoms. The molecule has 0 saturated heterocycles. The van der Waals surface area contributed by atoms with Crippen molar-refractivity contribution in [3.8, 4) is 5.75 Å². The minimum Gasteiger partial charge on any atom is -0.457 e. The molecular weight excluding hydrogens is 373 g/mol. The number of aryl methyl sites for hydroxylation is 1. The van der Waals surface area contributed by atoms with E-state index in [4.69, 9.17) is 4.74 Å². The quantitative estimate of drug-likeness (QED) is 0.732. The Kier molecular flexibility index (Phi) is 5.60. The maximum absolute atomic E-state index is 12.2. The maximum Gasteiger partial charge on any atom is 0.573 e. The summed E-state index contributed by atoms with van der Waals surface area (Å²) in [5.74, 6) is -1.12. The molecule has 0 fully saturated rings. The summed E-state index contributed by atoms with van der Waals surface area (Å²) in [5, 5.41) is 0. The third-order valence-electron chi connectivity index (χ3n) is 3.38. The van der Waals surface area contributed by atoms with Gasteiger partial charge in [0, 0.05) is 6.26 Å². The summed E-state index contributed by atoms with van der Waals surface area (Å²) in [6.07, 6.45) is -3.76. The standard InChI is InChI=1S/C17H15F3O5S/c1-11-3-8-14(26(2,22)23)9-15(11)16(21)24-10-12-4-6-13(7-5-12)25-17(18,19)20/h3-9H,10H2,1-2H3. The molecule has 0 unspecified atom stereocenters. The Morgan fingerprint density at radius 3 is 2.23 bits per heavy atom. The molecule has 0 N–H and O–H groups in total. The van der Waals surface area contributed by atoms with Crippen LogP contribution in [0.25, 0.3) is 0 Å². The van der Waals surface area contributed by atoms with Gasteiger partial charge in [-0.1, -0.05) is 18.2 Å². The predicted molar refractivity (Wildman–Crippen MR) is 86.5 cm³/mol. The van der Waals surface area contributed by atoms with Gasteiger partial charge in [-0.2, -0.15) is 0 Å². The number of carbonyl (C=O) groups excluding carboxylic acids is 1. The molecule has 5 nitrogen and oxygen atoms in total. The van der Waals surface area contributed by atoms with Crippen LogP contribution in [0.1, 0.15) is 21.5 Å². The van der Waals surface area contributed by atoms with Crippen LogP contribution >= 0.6 is 0 Å². The molecule has 140 valence electrons. The topological polar surface area (TPSA) is 69.7 Å². The van der Waals surface area contributed by atoms with Crippen LogP contribution in [0.5, 0.6) is 5.75 Å². The second-order valence-electron chi connectivity index (χ2n) is 5.52. The van der Waals surface area contributed by atoms with E-state index in [-0.39, 0.29) is 22.8 Å². The zero-order chi connectivity index (χ0) is 19.5. The second kappa shape index (κ2) is 7.36. The van der Waals surface area contributed by atoms with Gasteiger partial charge in [-0.25, -0.2) is 13.2 Å². The van der Waals surface area contributed by atoms with Gasteiger partial charge >= 0.3 is 12.3 Å².